The summed E-state index contributed by atoms with van der Waals surface area (Å²) in [4.78, 5) is 74.5. The van der Waals surface area contributed by atoms with Crippen LogP contribution in [0.2, 0.25) is 0 Å². The standard InChI is InChI=1S/C20H35N7O10/c1-9(28)15(18(35)26-12(19(36)37)5-7-14(31)32)27-17(34)11(3-2-8-24-20(22)23)25-16(33)10(21)4-6-13(29)30/h9-12,15,28H,2-8,21H2,1H3,(H,25,33)(H,26,35)(H,27,34)(H,29,30)(H,31,32)(H,36,37)(H4,22,23,24). The number of nitrogens with two attached hydrogens (primary N) is 3. The first-order valence-corrected chi connectivity index (χ1v) is 11.2. The quantitative estimate of drug-likeness (QED) is 0.0457. The highest BCUT2D eigenvalue weighted by atomic mass is 16.4. The molecule has 0 aromatic rings. The zero-order valence-corrected chi connectivity index (χ0v) is 20.3. The molecule has 0 fully saturated rings. The number of aliphatic hydroxyl groups is 1. The lowest BCUT2D eigenvalue weighted by molar-refractivity contribution is -0.144. The van der Waals surface area contributed by atoms with Crippen molar-refractivity contribution in [2.75, 3.05) is 6.54 Å². The van der Waals surface area contributed by atoms with Gasteiger partial charge in [0.1, 0.15) is 18.1 Å². The van der Waals surface area contributed by atoms with Crippen LogP contribution in [-0.4, -0.2) is 98.8 Å². The Kier molecular flexibility index (Phi) is 14.8. The van der Waals surface area contributed by atoms with E-state index in [4.69, 9.17) is 27.4 Å². The fourth-order valence-corrected chi connectivity index (χ4v) is 2.91. The van der Waals surface area contributed by atoms with Crippen LogP contribution in [0.3, 0.4) is 0 Å². The lowest BCUT2D eigenvalue weighted by Crippen LogP contribution is -2.59. The molecule has 210 valence electrons. The summed E-state index contributed by atoms with van der Waals surface area (Å²) in [6, 6.07) is -5.85. The normalized spacial score (nSPS) is 14.7. The van der Waals surface area contributed by atoms with E-state index < -0.39 is 85.2 Å². The van der Waals surface area contributed by atoms with E-state index in [0.717, 1.165) is 6.92 Å². The summed E-state index contributed by atoms with van der Waals surface area (Å²) in [5.74, 6) is -7.09. The average Bonchev–Trinajstić information content (AvgIpc) is 2.79. The Morgan fingerprint density at radius 3 is 1.81 bits per heavy atom. The Labute approximate surface area is 211 Å². The van der Waals surface area contributed by atoms with Crippen molar-refractivity contribution in [3.05, 3.63) is 0 Å². The number of carbonyl (C=O) groups is 6. The lowest BCUT2D eigenvalue weighted by atomic mass is 10.1. The summed E-state index contributed by atoms with van der Waals surface area (Å²) in [6.45, 7) is 1.23. The molecule has 0 aliphatic carbocycles. The topological polar surface area (TPSA) is 310 Å². The molecule has 5 unspecified atom stereocenters. The number of nitrogens with zero attached hydrogens (tertiary/aromatic N) is 1. The summed E-state index contributed by atoms with van der Waals surface area (Å²) in [7, 11) is 0. The zero-order chi connectivity index (χ0) is 28.7. The van der Waals surface area contributed by atoms with Crippen LogP contribution >= 0.6 is 0 Å². The molecule has 0 rings (SSSR count). The Balaban J connectivity index is 5.54. The van der Waals surface area contributed by atoms with Crippen molar-refractivity contribution in [2.24, 2.45) is 22.2 Å². The van der Waals surface area contributed by atoms with Crippen molar-refractivity contribution < 1.29 is 49.2 Å². The maximum Gasteiger partial charge on any atom is 0.326 e. The minimum atomic E-state index is -1.67. The molecule has 17 nitrogen and oxygen atoms in total. The Morgan fingerprint density at radius 2 is 1.32 bits per heavy atom. The number of carbonyl (C=O) groups excluding carboxylic acids is 3. The first kappa shape index (κ1) is 33.0. The monoisotopic (exact) mass is 533 g/mol. The predicted molar refractivity (Wildman–Crippen MR) is 127 cm³/mol. The third-order valence-electron chi connectivity index (χ3n) is 4.91. The van der Waals surface area contributed by atoms with Gasteiger partial charge in [-0.1, -0.05) is 0 Å². The number of carboxylic acids is 3. The third-order valence-corrected chi connectivity index (χ3v) is 4.91. The van der Waals surface area contributed by atoms with E-state index in [0.29, 0.717) is 0 Å². The van der Waals surface area contributed by atoms with E-state index in [-0.39, 0.29) is 31.8 Å². The lowest BCUT2D eigenvalue weighted by Gasteiger charge is -2.26. The van der Waals surface area contributed by atoms with Crippen LogP contribution in [0.5, 0.6) is 0 Å². The molecule has 3 amide bonds. The molecule has 0 saturated heterocycles. The van der Waals surface area contributed by atoms with Crippen LogP contribution in [-0.2, 0) is 28.8 Å². The highest BCUT2D eigenvalue weighted by molar-refractivity contribution is 5.94. The first-order chi connectivity index (χ1) is 17.1. The van der Waals surface area contributed by atoms with E-state index in [1.165, 1.54) is 0 Å². The number of aliphatic carboxylic acids is 3. The van der Waals surface area contributed by atoms with Crippen LogP contribution in [0.4, 0.5) is 0 Å². The number of guanidine groups is 1. The van der Waals surface area contributed by atoms with Gasteiger partial charge in [0.2, 0.25) is 17.7 Å². The summed E-state index contributed by atoms with van der Waals surface area (Å²) in [6.07, 6.45) is -3.01. The highest BCUT2D eigenvalue weighted by Crippen LogP contribution is 2.05. The molecule has 0 aliphatic heterocycles. The van der Waals surface area contributed by atoms with Crippen LogP contribution in [0, 0.1) is 0 Å². The fourth-order valence-electron chi connectivity index (χ4n) is 2.91. The Morgan fingerprint density at radius 1 is 0.784 bits per heavy atom. The first-order valence-electron chi connectivity index (χ1n) is 11.2. The number of aliphatic hydroxyl groups excluding tert-OH is 1. The van der Waals surface area contributed by atoms with Gasteiger partial charge in [0.15, 0.2) is 5.96 Å². The Bertz CT molecular complexity index is 860. The molecule has 0 aromatic heterocycles. The third kappa shape index (κ3) is 14.2. The molecule has 0 aliphatic rings. The van der Waals surface area contributed by atoms with Gasteiger partial charge in [-0.25, -0.2) is 4.79 Å². The van der Waals surface area contributed by atoms with Gasteiger partial charge in [-0.15, -0.1) is 0 Å². The smallest absolute Gasteiger partial charge is 0.326 e. The zero-order valence-electron chi connectivity index (χ0n) is 20.3. The van der Waals surface area contributed by atoms with Gasteiger partial charge in [0.05, 0.1) is 12.1 Å². The van der Waals surface area contributed by atoms with Gasteiger partial charge in [-0.3, -0.25) is 29.0 Å². The molecule has 0 heterocycles. The number of nitrogens with one attached hydrogen (secondary N) is 3. The van der Waals surface area contributed by atoms with E-state index in [2.05, 4.69) is 20.9 Å². The second-order valence-corrected chi connectivity index (χ2v) is 8.11. The van der Waals surface area contributed by atoms with Gasteiger partial charge in [-0.2, -0.15) is 0 Å². The van der Waals surface area contributed by atoms with Crippen LogP contribution in [0.25, 0.3) is 0 Å². The van der Waals surface area contributed by atoms with E-state index >= 15 is 0 Å². The highest BCUT2D eigenvalue weighted by Gasteiger charge is 2.32. The molecule has 5 atom stereocenters. The van der Waals surface area contributed by atoms with Crippen LogP contribution < -0.4 is 33.2 Å². The molecule has 0 saturated carbocycles. The van der Waals surface area contributed by atoms with Crippen LogP contribution in [0.1, 0.15) is 45.4 Å². The molecular weight excluding hydrogens is 498 g/mol. The van der Waals surface area contributed by atoms with Gasteiger partial charge < -0.3 is 53.6 Å². The van der Waals surface area contributed by atoms with E-state index in [9.17, 15) is 39.0 Å². The van der Waals surface area contributed by atoms with Crippen molar-refractivity contribution in [3.8, 4) is 0 Å². The number of aliphatic imine (C=N–C) groups is 1. The maximum absolute atomic E-state index is 12.9. The number of hydrogen-bond donors (Lipinski definition) is 10. The number of hydrogen-bond acceptors (Lipinski definition) is 9. The number of amides is 3. The number of rotatable bonds is 18. The summed E-state index contributed by atoms with van der Waals surface area (Å²) in [5, 5.41) is 43.4. The van der Waals surface area contributed by atoms with Gasteiger partial charge in [0, 0.05) is 19.4 Å². The predicted octanol–water partition coefficient (Wildman–Crippen LogP) is -3.98. The van der Waals surface area contributed by atoms with Gasteiger partial charge in [0.25, 0.3) is 0 Å². The summed E-state index contributed by atoms with van der Waals surface area (Å²) < 4.78 is 0. The average molecular weight is 534 g/mol. The van der Waals surface area contributed by atoms with Crippen molar-refractivity contribution in [2.45, 2.75) is 75.7 Å². The molecule has 0 radical (unpaired) electrons. The van der Waals surface area contributed by atoms with Crippen LogP contribution in [0.15, 0.2) is 4.99 Å². The van der Waals surface area contributed by atoms with Crippen molar-refractivity contribution in [1.82, 2.24) is 16.0 Å². The summed E-state index contributed by atoms with van der Waals surface area (Å²) in [5.41, 5.74) is 16.2. The second-order valence-electron chi connectivity index (χ2n) is 8.11. The SMILES string of the molecule is CC(O)C(NC(=O)C(CCCN=C(N)N)NC(=O)C(N)CCC(=O)O)C(=O)NC(CCC(=O)O)C(=O)O. The molecule has 0 bridgehead atoms. The molecule has 13 N–H and O–H groups in total. The molecule has 17 heteroatoms. The molecule has 0 spiro atoms. The summed E-state index contributed by atoms with van der Waals surface area (Å²) >= 11 is 0. The Hall–Kier alpha value is -3.99. The largest absolute Gasteiger partial charge is 0.481 e. The van der Waals surface area contributed by atoms with Crippen molar-refractivity contribution in [1.29, 1.82) is 0 Å². The van der Waals surface area contributed by atoms with Gasteiger partial charge in [-0.05, 0) is 32.6 Å². The molecule has 37 heavy (non-hydrogen) atoms. The molecule has 0 aromatic carbocycles. The molecular formula is C20H35N7O10. The fraction of sp³-hybridized carbons (Fsp3) is 0.650. The van der Waals surface area contributed by atoms with Crippen molar-refractivity contribution >= 4 is 41.6 Å². The minimum absolute atomic E-state index is 0.0511. The van der Waals surface area contributed by atoms with Crippen molar-refractivity contribution in [3.63, 3.8) is 0 Å². The number of carboxylic acid groups (broad SMARTS) is 3. The second kappa shape index (κ2) is 16.6. The van der Waals surface area contributed by atoms with E-state index in [1.807, 2.05) is 0 Å². The minimum Gasteiger partial charge on any atom is -0.481 e. The van der Waals surface area contributed by atoms with E-state index in [1.54, 1.807) is 0 Å². The maximum atomic E-state index is 12.9. The van der Waals surface area contributed by atoms with Gasteiger partial charge >= 0.3 is 17.9 Å².